The van der Waals surface area contributed by atoms with Gasteiger partial charge < -0.3 is 30.3 Å². The molecule has 0 aliphatic carbocycles. The van der Waals surface area contributed by atoms with Gasteiger partial charge in [-0.15, -0.1) is 0 Å². The molecule has 8 nitrogen and oxygen atoms in total. The third-order valence-corrected chi connectivity index (χ3v) is 9.52. The Morgan fingerprint density at radius 3 is 2.07 bits per heavy atom. The first-order chi connectivity index (χ1) is 21.7. The molecule has 2 aliphatic rings. The normalized spacial score (nSPS) is 21.7. The Labute approximate surface area is 267 Å². The highest BCUT2D eigenvalue weighted by atomic mass is 16.7. The van der Waals surface area contributed by atoms with Crippen molar-refractivity contribution in [3.63, 3.8) is 0 Å². The molecule has 4 N–H and O–H groups in total. The van der Waals surface area contributed by atoms with Gasteiger partial charge in [0.2, 0.25) is 0 Å². The van der Waals surface area contributed by atoms with E-state index in [4.69, 9.17) is 9.47 Å². The van der Waals surface area contributed by atoms with Crippen LogP contribution >= 0.6 is 0 Å². The molecule has 0 saturated carbocycles. The Morgan fingerprint density at radius 1 is 0.911 bits per heavy atom. The van der Waals surface area contributed by atoms with E-state index < -0.39 is 17.7 Å². The first-order valence-electron chi connectivity index (χ1n) is 16.2. The number of aliphatic hydroxyl groups excluding tert-OH is 1. The monoisotopic (exact) mass is 615 g/mol. The van der Waals surface area contributed by atoms with E-state index in [1.54, 1.807) is 0 Å². The number of hydrogen-bond donors (Lipinski definition) is 4. The predicted molar refractivity (Wildman–Crippen MR) is 176 cm³/mol. The lowest BCUT2D eigenvalue weighted by Gasteiger charge is -2.44. The third-order valence-electron chi connectivity index (χ3n) is 9.52. The molecule has 2 fully saturated rings. The number of amides is 1. The number of carboxylic acid groups (broad SMARTS) is 1. The van der Waals surface area contributed by atoms with Crippen molar-refractivity contribution in [1.29, 1.82) is 0 Å². The second kappa shape index (κ2) is 15.3. The van der Waals surface area contributed by atoms with Crippen LogP contribution < -0.4 is 10.6 Å². The van der Waals surface area contributed by atoms with Gasteiger partial charge in [-0.05, 0) is 47.9 Å². The molecule has 5 atom stereocenters. The van der Waals surface area contributed by atoms with Gasteiger partial charge in [-0.2, -0.15) is 0 Å². The van der Waals surface area contributed by atoms with Gasteiger partial charge >= 0.3 is 6.09 Å². The highest BCUT2D eigenvalue weighted by Gasteiger charge is 2.55. The Morgan fingerprint density at radius 2 is 1.49 bits per heavy atom. The number of ether oxygens (including phenoxy) is 2. The maximum Gasteiger partial charge on any atom is 0.405 e. The Balaban J connectivity index is 1.25. The number of nitrogens with one attached hydrogen (secondary N) is 2. The second-order valence-electron chi connectivity index (χ2n) is 13.5. The third kappa shape index (κ3) is 8.93. The van der Waals surface area contributed by atoms with Crippen molar-refractivity contribution in [3.8, 4) is 0 Å². The minimum absolute atomic E-state index is 0.0202. The van der Waals surface area contributed by atoms with E-state index in [1.165, 1.54) is 11.1 Å². The van der Waals surface area contributed by atoms with E-state index in [9.17, 15) is 15.0 Å². The molecule has 0 aromatic heterocycles. The average molecular weight is 616 g/mol. The zero-order valence-corrected chi connectivity index (χ0v) is 26.6. The van der Waals surface area contributed by atoms with E-state index in [1.807, 2.05) is 42.5 Å². The molecule has 3 aromatic rings. The molecule has 3 aromatic carbocycles. The summed E-state index contributed by atoms with van der Waals surface area (Å²) in [5.41, 5.74) is 2.34. The standard InChI is InChI=1S/C37H49N3O5/c1-36(2,19-20-40(24-29-14-8-4-9-15-29)25-30-16-10-5-11-17-30)27-38-23-33(41)37(39-35(42)43,22-28-12-6-3-7-13-28)32-26-45-34-31(32)18-21-44-34/h3-17,31-34,38-39,41H,18-27H2,1-2H3,(H,42,43)/t31-,32+,33+,34+,37-/m0/s1. The molecule has 0 radical (unpaired) electrons. The molecule has 0 bridgehead atoms. The summed E-state index contributed by atoms with van der Waals surface area (Å²) in [5, 5.41) is 28.3. The number of rotatable bonds is 16. The summed E-state index contributed by atoms with van der Waals surface area (Å²) in [6.07, 6.45) is -0.389. The summed E-state index contributed by atoms with van der Waals surface area (Å²) < 4.78 is 11.8. The van der Waals surface area contributed by atoms with Gasteiger partial charge in [-0.3, -0.25) is 4.90 Å². The molecule has 45 heavy (non-hydrogen) atoms. The maximum atomic E-state index is 12.3. The van der Waals surface area contributed by atoms with Crippen molar-refractivity contribution < 1.29 is 24.5 Å². The van der Waals surface area contributed by atoms with Crippen molar-refractivity contribution in [2.45, 2.75) is 64.1 Å². The van der Waals surface area contributed by atoms with Crippen LogP contribution in [0.4, 0.5) is 4.79 Å². The largest absolute Gasteiger partial charge is 0.465 e. The summed E-state index contributed by atoms with van der Waals surface area (Å²) in [6, 6.07) is 30.9. The molecule has 242 valence electrons. The first kappa shape index (κ1) is 33.1. The predicted octanol–water partition coefficient (Wildman–Crippen LogP) is 5.31. The summed E-state index contributed by atoms with van der Waals surface area (Å²) >= 11 is 0. The first-order valence-corrected chi connectivity index (χ1v) is 16.2. The van der Waals surface area contributed by atoms with Crippen molar-refractivity contribution in [2.75, 3.05) is 32.8 Å². The molecular weight excluding hydrogens is 566 g/mol. The summed E-state index contributed by atoms with van der Waals surface area (Å²) in [6.45, 7) is 9.00. The highest BCUT2D eigenvalue weighted by Crippen LogP contribution is 2.44. The van der Waals surface area contributed by atoms with Crippen LogP contribution in [0.3, 0.4) is 0 Å². The van der Waals surface area contributed by atoms with Crippen LogP contribution in [0, 0.1) is 17.3 Å². The molecule has 2 heterocycles. The number of nitrogens with zero attached hydrogens (tertiary/aromatic N) is 1. The van der Waals surface area contributed by atoms with Crippen molar-refractivity contribution in [3.05, 3.63) is 108 Å². The molecule has 8 heteroatoms. The lowest BCUT2D eigenvalue weighted by atomic mass is 9.69. The molecule has 2 saturated heterocycles. The van der Waals surface area contributed by atoms with Crippen LogP contribution in [0.1, 0.15) is 43.4 Å². The lowest BCUT2D eigenvalue weighted by molar-refractivity contribution is -0.0907. The van der Waals surface area contributed by atoms with Gasteiger partial charge in [0.15, 0.2) is 6.29 Å². The van der Waals surface area contributed by atoms with E-state index in [0.29, 0.717) is 26.2 Å². The SMILES string of the molecule is CC(C)(CCN(Cc1ccccc1)Cc1ccccc1)CNC[C@@H](O)[C@@](Cc1ccccc1)(NC(=O)O)[C@@H]1CO[C@H]2OCC[C@H]21. The van der Waals surface area contributed by atoms with Crippen LogP contribution in [0.25, 0.3) is 0 Å². The van der Waals surface area contributed by atoms with Crippen LogP contribution in [0.5, 0.6) is 0 Å². The number of aliphatic hydroxyl groups is 1. The Hall–Kier alpha value is -3.27. The van der Waals surface area contributed by atoms with Crippen LogP contribution in [0.15, 0.2) is 91.0 Å². The molecular formula is C37H49N3O5. The van der Waals surface area contributed by atoms with E-state index in [-0.39, 0.29) is 30.1 Å². The second-order valence-corrected chi connectivity index (χ2v) is 13.5. The Bertz CT molecular complexity index is 1280. The van der Waals surface area contributed by atoms with Crippen molar-refractivity contribution in [2.24, 2.45) is 17.3 Å². The van der Waals surface area contributed by atoms with Crippen molar-refractivity contribution in [1.82, 2.24) is 15.5 Å². The molecule has 1 amide bonds. The van der Waals surface area contributed by atoms with E-state index in [2.05, 4.69) is 77.9 Å². The number of hydrogen-bond acceptors (Lipinski definition) is 6. The fourth-order valence-electron chi connectivity index (χ4n) is 7.02. The van der Waals surface area contributed by atoms with Gasteiger partial charge in [0, 0.05) is 38.0 Å². The molecule has 0 spiro atoms. The van der Waals surface area contributed by atoms with Gasteiger partial charge in [-0.25, -0.2) is 4.79 Å². The van der Waals surface area contributed by atoms with E-state index in [0.717, 1.165) is 38.0 Å². The lowest BCUT2D eigenvalue weighted by Crippen LogP contribution is -2.66. The fraction of sp³-hybridized carbons (Fsp3) is 0.486. The van der Waals surface area contributed by atoms with Gasteiger partial charge in [0.05, 0.1) is 24.9 Å². The minimum Gasteiger partial charge on any atom is -0.465 e. The highest BCUT2D eigenvalue weighted by molar-refractivity contribution is 5.66. The minimum atomic E-state index is -1.15. The topological polar surface area (TPSA) is 103 Å². The molecule has 0 unspecified atom stereocenters. The van der Waals surface area contributed by atoms with Crippen LogP contribution in [-0.2, 0) is 29.0 Å². The quantitative estimate of drug-likeness (QED) is 0.173. The molecule has 5 rings (SSSR count). The number of carbonyl (C=O) groups is 1. The smallest absolute Gasteiger partial charge is 0.405 e. The van der Waals surface area contributed by atoms with Gasteiger partial charge in [0.25, 0.3) is 0 Å². The Kier molecular flexibility index (Phi) is 11.3. The number of fused-ring (bicyclic) bond motifs is 1. The summed E-state index contributed by atoms with van der Waals surface area (Å²) in [7, 11) is 0. The number of benzene rings is 3. The molecule has 2 aliphatic heterocycles. The summed E-state index contributed by atoms with van der Waals surface area (Å²) in [4.78, 5) is 14.8. The van der Waals surface area contributed by atoms with Gasteiger partial charge in [-0.1, -0.05) is 105 Å². The van der Waals surface area contributed by atoms with E-state index >= 15 is 0 Å². The average Bonchev–Trinajstić information content (AvgIpc) is 3.66. The van der Waals surface area contributed by atoms with Crippen molar-refractivity contribution >= 4 is 6.09 Å². The van der Waals surface area contributed by atoms with Crippen LogP contribution in [-0.4, -0.2) is 72.0 Å². The van der Waals surface area contributed by atoms with Gasteiger partial charge in [0.1, 0.15) is 0 Å². The maximum absolute atomic E-state index is 12.3. The zero-order chi connectivity index (χ0) is 31.7. The fourth-order valence-corrected chi connectivity index (χ4v) is 7.02. The zero-order valence-electron chi connectivity index (χ0n) is 26.6. The summed E-state index contributed by atoms with van der Waals surface area (Å²) in [5.74, 6) is -0.206. The van der Waals surface area contributed by atoms with Crippen LogP contribution in [0.2, 0.25) is 0 Å².